The summed E-state index contributed by atoms with van der Waals surface area (Å²) in [6, 6.07) is 16.2. The van der Waals surface area contributed by atoms with E-state index in [1.165, 1.54) is 29.7 Å². The van der Waals surface area contributed by atoms with E-state index in [0.29, 0.717) is 6.04 Å². The number of H-pyrrole nitrogens is 1. The van der Waals surface area contributed by atoms with Crippen LogP contribution in [0.5, 0.6) is 0 Å². The largest absolute Gasteiger partial charge is 0.364 e. The van der Waals surface area contributed by atoms with E-state index < -0.39 is 0 Å². The van der Waals surface area contributed by atoms with E-state index in [1.807, 2.05) is 0 Å². The van der Waals surface area contributed by atoms with Crippen molar-refractivity contribution in [2.75, 3.05) is 11.4 Å². The predicted octanol–water partition coefficient (Wildman–Crippen LogP) is 5.20. The molecule has 1 aliphatic rings. The molecular weight excluding hydrogens is 294 g/mol. The number of aromatic amines is 1. The minimum Gasteiger partial charge on any atom is -0.364 e. The second-order valence-corrected chi connectivity index (χ2v) is 7.83. The maximum atomic E-state index is 4.41. The summed E-state index contributed by atoms with van der Waals surface area (Å²) in [7, 11) is 0. The Morgan fingerprint density at radius 3 is 2.62 bits per heavy atom. The second-order valence-electron chi connectivity index (χ2n) is 7.83. The first-order chi connectivity index (χ1) is 11.5. The van der Waals surface area contributed by atoms with E-state index in [-0.39, 0.29) is 5.41 Å². The third-order valence-electron chi connectivity index (χ3n) is 5.15. The van der Waals surface area contributed by atoms with Crippen LogP contribution in [0.25, 0.3) is 11.0 Å². The predicted molar refractivity (Wildman–Crippen MR) is 101 cm³/mol. The lowest BCUT2D eigenvalue weighted by Crippen LogP contribution is -2.22. The van der Waals surface area contributed by atoms with Crippen LogP contribution in [0.4, 0.5) is 5.69 Å². The summed E-state index contributed by atoms with van der Waals surface area (Å²) in [5.74, 6) is 0. The van der Waals surface area contributed by atoms with Gasteiger partial charge in [0.25, 0.3) is 0 Å². The first-order valence-corrected chi connectivity index (χ1v) is 8.82. The van der Waals surface area contributed by atoms with Crippen molar-refractivity contribution in [2.45, 2.75) is 45.1 Å². The minimum absolute atomic E-state index is 0.202. The van der Waals surface area contributed by atoms with E-state index >= 15 is 0 Å². The molecule has 3 heteroatoms. The molecule has 24 heavy (non-hydrogen) atoms. The van der Waals surface area contributed by atoms with E-state index in [2.05, 4.69) is 78.1 Å². The van der Waals surface area contributed by atoms with Crippen molar-refractivity contribution in [3.8, 4) is 0 Å². The molecule has 0 amide bonds. The Kier molecular flexibility index (Phi) is 3.60. The van der Waals surface area contributed by atoms with Gasteiger partial charge in [-0.3, -0.25) is 0 Å². The fourth-order valence-electron chi connectivity index (χ4n) is 3.73. The fraction of sp³-hybridized carbons (Fsp3) is 0.381. The lowest BCUT2D eigenvalue weighted by atomic mass is 9.87. The van der Waals surface area contributed by atoms with Crippen LogP contribution in [-0.4, -0.2) is 16.5 Å². The number of nitrogens with one attached hydrogen (secondary N) is 1. The molecule has 124 valence electrons. The maximum absolute atomic E-state index is 4.41. The first-order valence-electron chi connectivity index (χ1n) is 8.82. The van der Waals surface area contributed by atoms with E-state index in [0.717, 1.165) is 17.6 Å². The highest BCUT2D eigenvalue weighted by atomic mass is 15.2. The van der Waals surface area contributed by atoms with Crippen LogP contribution in [0.2, 0.25) is 0 Å². The smallest absolute Gasteiger partial charge is 0.0931 e. The third kappa shape index (κ3) is 2.68. The van der Waals surface area contributed by atoms with Gasteiger partial charge in [0.2, 0.25) is 0 Å². The summed E-state index contributed by atoms with van der Waals surface area (Å²) in [5, 5.41) is 0. The van der Waals surface area contributed by atoms with Crippen LogP contribution in [-0.2, 0) is 5.41 Å². The molecule has 1 aliphatic heterocycles. The van der Waals surface area contributed by atoms with Gasteiger partial charge < -0.3 is 9.88 Å². The summed E-state index contributed by atoms with van der Waals surface area (Å²) >= 11 is 0. The molecule has 0 aliphatic carbocycles. The molecule has 0 bridgehead atoms. The van der Waals surface area contributed by atoms with Crippen molar-refractivity contribution in [1.82, 2.24) is 9.97 Å². The van der Waals surface area contributed by atoms with Gasteiger partial charge in [-0.05, 0) is 53.6 Å². The summed E-state index contributed by atoms with van der Waals surface area (Å²) in [6.45, 7) is 7.91. The van der Waals surface area contributed by atoms with Crippen LogP contribution in [0, 0.1) is 0 Å². The van der Waals surface area contributed by atoms with Gasteiger partial charge in [0, 0.05) is 12.2 Å². The number of rotatable bonds is 2. The number of aromatic nitrogens is 2. The van der Waals surface area contributed by atoms with Crippen molar-refractivity contribution in [3.63, 3.8) is 0 Å². The minimum atomic E-state index is 0.202. The Balaban J connectivity index is 1.64. The number of hydrogen-bond acceptors (Lipinski definition) is 2. The molecule has 0 spiro atoms. The Hall–Kier alpha value is -2.29. The van der Waals surface area contributed by atoms with Crippen LogP contribution in [0.15, 0.2) is 48.8 Å². The summed E-state index contributed by atoms with van der Waals surface area (Å²) in [5.41, 5.74) is 6.45. The van der Waals surface area contributed by atoms with E-state index in [4.69, 9.17) is 0 Å². The average Bonchev–Trinajstić information content (AvgIpc) is 3.22. The zero-order valence-electron chi connectivity index (χ0n) is 14.7. The monoisotopic (exact) mass is 319 g/mol. The molecule has 0 unspecified atom stereocenters. The molecule has 4 rings (SSSR count). The molecule has 1 fully saturated rings. The average molecular weight is 319 g/mol. The SMILES string of the molecule is CC(C)(C)c1ccc(N2CCC[C@@H]2c2ccc3[nH]cnc3c2)cc1. The lowest BCUT2D eigenvalue weighted by Gasteiger charge is -2.28. The van der Waals surface area contributed by atoms with Gasteiger partial charge in [0.05, 0.1) is 23.4 Å². The first kappa shape index (κ1) is 15.3. The highest BCUT2D eigenvalue weighted by Gasteiger charge is 2.27. The van der Waals surface area contributed by atoms with Gasteiger partial charge in [-0.15, -0.1) is 0 Å². The number of anilines is 1. The molecule has 3 aromatic rings. The van der Waals surface area contributed by atoms with Gasteiger partial charge in [0.15, 0.2) is 0 Å². The molecule has 1 atom stereocenters. The molecule has 0 saturated carbocycles. The number of imidazole rings is 1. The maximum Gasteiger partial charge on any atom is 0.0931 e. The molecule has 2 aromatic carbocycles. The Morgan fingerprint density at radius 2 is 1.88 bits per heavy atom. The fourth-order valence-corrected chi connectivity index (χ4v) is 3.73. The van der Waals surface area contributed by atoms with Gasteiger partial charge in [0.1, 0.15) is 0 Å². The van der Waals surface area contributed by atoms with Crippen molar-refractivity contribution >= 4 is 16.7 Å². The number of benzene rings is 2. The molecule has 2 heterocycles. The zero-order valence-corrected chi connectivity index (χ0v) is 14.7. The quantitative estimate of drug-likeness (QED) is 0.704. The van der Waals surface area contributed by atoms with Crippen molar-refractivity contribution in [1.29, 1.82) is 0 Å². The zero-order chi connectivity index (χ0) is 16.7. The van der Waals surface area contributed by atoms with Gasteiger partial charge in [-0.1, -0.05) is 39.0 Å². The normalized spacial score (nSPS) is 18.5. The number of nitrogens with zero attached hydrogens (tertiary/aromatic N) is 2. The summed E-state index contributed by atoms with van der Waals surface area (Å²) < 4.78 is 0. The van der Waals surface area contributed by atoms with E-state index in [9.17, 15) is 0 Å². The third-order valence-corrected chi connectivity index (χ3v) is 5.15. The van der Waals surface area contributed by atoms with Crippen LogP contribution in [0.1, 0.15) is 50.8 Å². The summed E-state index contributed by atoms with van der Waals surface area (Å²) in [6.07, 6.45) is 4.22. The van der Waals surface area contributed by atoms with Gasteiger partial charge >= 0.3 is 0 Å². The van der Waals surface area contributed by atoms with Crippen LogP contribution in [0.3, 0.4) is 0 Å². The summed E-state index contributed by atoms with van der Waals surface area (Å²) in [4.78, 5) is 10.1. The van der Waals surface area contributed by atoms with Crippen molar-refractivity contribution in [3.05, 3.63) is 59.9 Å². The highest BCUT2D eigenvalue weighted by molar-refractivity contribution is 5.75. The topological polar surface area (TPSA) is 31.9 Å². The molecule has 1 N–H and O–H groups in total. The highest BCUT2D eigenvalue weighted by Crippen LogP contribution is 2.37. The van der Waals surface area contributed by atoms with Crippen LogP contribution >= 0.6 is 0 Å². The van der Waals surface area contributed by atoms with Crippen molar-refractivity contribution < 1.29 is 0 Å². The molecular formula is C21H25N3. The standard InChI is InChI=1S/C21H25N3/c1-21(2,3)16-7-9-17(10-8-16)24-12-4-5-20(24)15-6-11-18-19(13-15)23-14-22-18/h6-11,13-14,20H,4-5,12H2,1-3H3,(H,22,23)/t20-/m1/s1. The van der Waals surface area contributed by atoms with E-state index in [1.54, 1.807) is 6.33 Å². The molecule has 0 radical (unpaired) electrons. The Bertz CT molecular complexity index is 839. The molecule has 1 saturated heterocycles. The number of fused-ring (bicyclic) bond motifs is 1. The van der Waals surface area contributed by atoms with Crippen molar-refractivity contribution in [2.24, 2.45) is 0 Å². The second kappa shape index (κ2) is 5.66. The molecule has 1 aromatic heterocycles. The Labute approximate surface area is 143 Å². The van der Waals surface area contributed by atoms with Gasteiger partial charge in [-0.2, -0.15) is 0 Å². The van der Waals surface area contributed by atoms with Crippen LogP contribution < -0.4 is 4.90 Å². The molecule has 3 nitrogen and oxygen atoms in total. The van der Waals surface area contributed by atoms with Gasteiger partial charge in [-0.25, -0.2) is 4.98 Å². The number of hydrogen-bond donors (Lipinski definition) is 1. The lowest BCUT2D eigenvalue weighted by molar-refractivity contribution is 0.590. The Morgan fingerprint density at radius 1 is 1.08 bits per heavy atom.